The predicted molar refractivity (Wildman–Crippen MR) is 83.8 cm³/mol. The summed E-state index contributed by atoms with van der Waals surface area (Å²) in [4.78, 5) is 15.2. The second-order valence-electron chi connectivity index (χ2n) is 8.45. The Kier molecular flexibility index (Phi) is 3.52. The largest absolute Gasteiger partial charge is 0.351 e. The van der Waals surface area contributed by atoms with Crippen LogP contribution in [0.2, 0.25) is 0 Å². The Hall–Kier alpha value is -0.570. The minimum Gasteiger partial charge on any atom is -0.351 e. The van der Waals surface area contributed by atoms with Gasteiger partial charge < -0.3 is 5.32 Å². The summed E-state index contributed by atoms with van der Waals surface area (Å²) in [5.74, 6) is 3.88. The third kappa shape index (κ3) is 2.42. The second-order valence-corrected chi connectivity index (χ2v) is 8.45. The Morgan fingerprint density at radius 2 is 1.67 bits per heavy atom. The molecule has 3 nitrogen and oxygen atoms in total. The number of hydrogen-bond acceptors (Lipinski definition) is 2. The molecule has 1 atom stereocenters. The summed E-state index contributed by atoms with van der Waals surface area (Å²) in [5.41, 5.74) is 0. The van der Waals surface area contributed by atoms with Crippen LogP contribution in [0, 0.1) is 23.7 Å². The number of hydrogen-bond donors (Lipinski definition) is 1. The standard InChI is InChI=1S/C18H30N2O/c1-11(2)20-5-3-4-16(20)18(21)19-17-14-7-12-6-13(9-14)10-15(17)8-12/h11-17H,3-10H2,1-2H3,(H,19,21)/t12?,13?,14?,15?,16-,17?/m1/s1. The first kappa shape index (κ1) is 14.0. The first-order valence-electron chi connectivity index (χ1n) is 9.18. The van der Waals surface area contributed by atoms with Crippen LogP contribution < -0.4 is 5.32 Å². The summed E-state index contributed by atoms with van der Waals surface area (Å²) in [6, 6.07) is 1.13. The number of nitrogens with zero attached hydrogens (tertiary/aromatic N) is 1. The Bertz CT molecular complexity index is 391. The molecule has 0 unspecified atom stereocenters. The average molecular weight is 290 g/mol. The third-order valence-electron chi connectivity index (χ3n) is 6.80. The van der Waals surface area contributed by atoms with E-state index in [9.17, 15) is 4.79 Å². The first-order valence-corrected chi connectivity index (χ1v) is 9.18. The molecule has 0 aromatic carbocycles. The van der Waals surface area contributed by atoms with Crippen LogP contribution in [-0.2, 0) is 4.79 Å². The molecule has 0 aromatic heterocycles. The van der Waals surface area contributed by atoms with Crippen molar-refractivity contribution in [3.05, 3.63) is 0 Å². The highest BCUT2D eigenvalue weighted by molar-refractivity contribution is 5.82. The van der Waals surface area contributed by atoms with Crippen molar-refractivity contribution in [2.45, 2.75) is 76.9 Å². The van der Waals surface area contributed by atoms with Crippen molar-refractivity contribution in [2.24, 2.45) is 23.7 Å². The normalized spacial score (nSPS) is 45.5. The van der Waals surface area contributed by atoms with Gasteiger partial charge in [-0.3, -0.25) is 9.69 Å². The Balaban J connectivity index is 1.43. The maximum Gasteiger partial charge on any atom is 0.237 e. The van der Waals surface area contributed by atoms with Crippen LogP contribution in [0.15, 0.2) is 0 Å². The number of rotatable bonds is 3. The molecule has 4 aliphatic carbocycles. The van der Waals surface area contributed by atoms with Crippen LogP contribution in [0.5, 0.6) is 0 Å². The van der Waals surface area contributed by atoms with Crippen molar-refractivity contribution in [1.29, 1.82) is 0 Å². The van der Waals surface area contributed by atoms with Crippen LogP contribution in [0.1, 0.15) is 58.8 Å². The molecule has 5 aliphatic rings. The number of likely N-dealkylation sites (tertiary alicyclic amines) is 1. The molecule has 0 radical (unpaired) electrons. The van der Waals surface area contributed by atoms with Crippen molar-refractivity contribution in [1.82, 2.24) is 10.2 Å². The van der Waals surface area contributed by atoms with Crippen LogP contribution in [0.25, 0.3) is 0 Å². The number of nitrogens with one attached hydrogen (secondary N) is 1. The minimum absolute atomic E-state index is 0.141. The van der Waals surface area contributed by atoms with E-state index < -0.39 is 0 Å². The highest BCUT2D eigenvalue weighted by Gasteiger charge is 2.49. The van der Waals surface area contributed by atoms with Crippen molar-refractivity contribution in [3.63, 3.8) is 0 Å². The van der Waals surface area contributed by atoms with Crippen LogP contribution in [0.4, 0.5) is 0 Å². The van der Waals surface area contributed by atoms with Gasteiger partial charge in [-0.15, -0.1) is 0 Å². The SMILES string of the molecule is CC(C)N1CCC[C@@H]1C(=O)NC1C2CC3CC(C2)CC1C3. The van der Waals surface area contributed by atoms with Crippen molar-refractivity contribution < 1.29 is 4.79 Å². The van der Waals surface area contributed by atoms with Gasteiger partial charge >= 0.3 is 0 Å². The van der Waals surface area contributed by atoms with E-state index >= 15 is 0 Å². The summed E-state index contributed by atoms with van der Waals surface area (Å²) >= 11 is 0. The average Bonchev–Trinajstić information content (AvgIpc) is 2.91. The molecule has 1 N–H and O–H groups in total. The molecular formula is C18H30N2O. The lowest BCUT2D eigenvalue weighted by Crippen LogP contribution is -2.58. The molecule has 5 fully saturated rings. The second kappa shape index (κ2) is 5.26. The lowest BCUT2D eigenvalue weighted by molar-refractivity contribution is -0.130. The Labute approximate surface area is 128 Å². The molecule has 5 rings (SSSR count). The van der Waals surface area contributed by atoms with Gasteiger partial charge in [0.2, 0.25) is 5.91 Å². The molecule has 0 aromatic rings. The zero-order valence-electron chi connectivity index (χ0n) is 13.6. The quantitative estimate of drug-likeness (QED) is 0.867. The van der Waals surface area contributed by atoms with E-state index in [1.807, 2.05) is 0 Å². The highest BCUT2D eigenvalue weighted by atomic mass is 16.2. The smallest absolute Gasteiger partial charge is 0.237 e. The fourth-order valence-corrected chi connectivity index (χ4v) is 6.11. The maximum atomic E-state index is 12.8. The van der Waals surface area contributed by atoms with E-state index in [-0.39, 0.29) is 6.04 Å². The molecule has 1 aliphatic heterocycles. The van der Waals surface area contributed by atoms with Crippen LogP contribution >= 0.6 is 0 Å². The van der Waals surface area contributed by atoms with Crippen molar-refractivity contribution >= 4 is 5.91 Å². The summed E-state index contributed by atoms with van der Waals surface area (Å²) < 4.78 is 0. The molecule has 4 bridgehead atoms. The number of amides is 1. The van der Waals surface area contributed by atoms with E-state index in [0.717, 1.165) is 36.6 Å². The molecule has 1 heterocycles. The zero-order valence-corrected chi connectivity index (χ0v) is 13.6. The zero-order chi connectivity index (χ0) is 14.6. The minimum atomic E-state index is 0.141. The molecule has 1 saturated heterocycles. The molecular weight excluding hydrogens is 260 g/mol. The fourth-order valence-electron chi connectivity index (χ4n) is 6.11. The summed E-state index contributed by atoms with van der Waals surface area (Å²) in [6.07, 6.45) is 9.26. The van der Waals surface area contributed by atoms with Crippen LogP contribution in [0.3, 0.4) is 0 Å². The molecule has 21 heavy (non-hydrogen) atoms. The van der Waals surface area contributed by atoms with Crippen LogP contribution in [-0.4, -0.2) is 35.5 Å². The van der Waals surface area contributed by atoms with Crippen molar-refractivity contribution in [3.8, 4) is 0 Å². The fraction of sp³-hybridized carbons (Fsp3) is 0.944. The summed E-state index contributed by atoms with van der Waals surface area (Å²) in [5, 5.41) is 3.51. The van der Waals surface area contributed by atoms with Gasteiger partial charge in [0, 0.05) is 12.1 Å². The first-order chi connectivity index (χ1) is 10.1. The third-order valence-corrected chi connectivity index (χ3v) is 6.80. The number of carbonyl (C=O) groups excluding carboxylic acids is 1. The molecule has 1 amide bonds. The predicted octanol–water partition coefficient (Wildman–Crippen LogP) is 2.80. The Morgan fingerprint density at radius 1 is 1.05 bits per heavy atom. The molecule has 118 valence electrons. The van der Waals surface area contributed by atoms with E-state index in [1.165, 1.54) is 38.5 Å². The molecule has 0 spiro atoms. The molecule has 4 saturated carbocycles. The lowest BCUT2D eigenvalue weighted by Gasteiger charge is -2.54. The molecule has 3 heteroatoms. The highest BCUT2D eigenvalue weighted by Crippen LogP contribution is 2.53. The van der Waals surface area contributed by atoms with E-state index in [4.69, 9.17) is 0 Å². The monoisotopic (exact) mass is 290 g/mol. The van der Waals surface area contributed by atoms with Gasteiger partial charge in [-0.2, -0.15) is 0 Å². The van der Waals surface area contributed by atoms with E-state index in [0.29, 0.717) is 18.0 Å². The summed E-state index contributed by atoms with van der Waals surface area (Å²) in [6.45, 7) is 5.53. The van der Waals surface area contributed by atoms with Crippen molar-refractivity contribution in [2.75, 3.05) is 6.54 Å². The van der Waals surface area contributed by atoms with Gasteiger partial charge in [0.05, 0.1) is 6.04 Å². The Morgan fingerprint density at radius 3 is 2.24 bits per heavy atom. The van der Waals surface area contributed by atoms with Gasteiger partial charge in [0.1, 0.15) is 0 Å². The van der Waals surface area contributed by atoms with Gasteiger partial charge in [-0.05, 0) is 89.0 Å². The van der Waals surface area contributed by atoms with E-state index in [1.54, 1.807) is 0 Å². The maximum absolute atomic E-state index is 12.8. The van der Waals surface area contributed by atoms with Gasteiger partial charge in [0.25, 0.3) is 0 Å². The van der Waals surface area contributed by atoms with Gasteiger partial charge in [-0.1, -0.05) is 0 Å². The number of carbonyl (C=O) groups is 1. The topological polar surface area (TPSA) is 32.3 Å². The summed E-state index contributed by atoms with van der Waals surface area (Å²) in [7, 11) is 0. The van der Waals surface area contributed by atoms with E-state index in [2.05, 4.69) is 24.1 Å². The lowest BCUT2D eigenvalue weighted by atomic mass is 9.54. The van der Waals surface area contributed by atoms with Gasteiger partial charge in [-0.25, -0.2) is 0 Å². The van der Waals surface area contributed by atoms with Gasteiger partial charge in [0.15, 0.2) is 0 Å².